The molecule has 0 aliphatic carbocycles. The second-order valence-corrected chi connectivity index (χ2v) is 7.19. The summed E-state index contributed by atoms with van der Waals surface area (Å²) in [6, 6.07) is 10.4. The van der Waals surface area contributed by atoms with Gasteiger partial charge in [-0.3, -0.25) is 9.59 Å². The minimum absolute atomic E-state index is 0.119. The van der Waals surface area contributed by atoms with E-state index in [1.807, 2.05) is 36.9 Å². The van der Waals surface area contributed by atoms with Gasteiger partial charge in [-0.15, -0.1) is 0 Å². The Morgan fingerprint density at radius 3 is 2.44 bits per heavy atom. The van der Waals surface area contributed by atoms with E-state index in [1.54, 1.807) is 6.92 Å². The first-order valence-corrected chi connectivity index (χ1v) is 9.60. The van der Waals surface area contributed by atoms with E-state index in [9.17, 15) is 9.59 Å². The van der Waals surface area contributed by atoms with Crippen LogP contribution in [0.15, 0.2) is 30.3 Å². The van der Waals surface area contributed by atoms with Gasteiger partial charge in [0.05, 0.1) is 0 Å². The molecular weight excluding hydrogens is 340 g/mol. The summed E-state index contributed by atoms with van der Waals surface area (Å²) in [6.45, 7) is 7.64. The first-order chi connectivity index (χ1) is 13.0. The fourth-order valence-electron chi connectivity index (χ4n) is 3.89. The Kier molecular flexibility index (Phi) is 5.94. The quantitative estimate of drug-likeness (QED) is 0.882. The van der Waals surface area contributed by atoms with E-state index >= 15 is 0 Å². The van der Waals surface area contributed by atoms with E-state index in [2.05, 4.69) is 27.0 Å². The third-order valence-corrected chi connectivity index (χ3v) is 5.36. The summed E-state index contributed by atoms with van der Waals surface area (Å²) in [7, 11) is 0. The van der Waals surface area contributed by atoms with Gasteiger partial charge in [0.1, 0.15) is 11.5 Å². The summed E-state index contributed by atoms with van der Waals surface area (Å²) in [5, 5.41) is 2.99. The summed E-state index contributed by atoms with van der Waals surface area (Å²) >= 11 is 0. The molecule has 1 saturated heterocycles. The SMILES string of the molecule is CC(=O)N1CCC(n2c(C)nc(C(=O)NCCc3ccccc3)c2C)CC1. The maximum atomic E-state index is 12.6. The monoisotopic (exact) mass is 368 g/mol. The van der Waals surface area contributed by atoms with Gasteiger partial charge in [0, 0.05) is 38.3 Å². The van der Waals surface area contributed by atoms with Crippen LogP contribution in [0.5, 0.6) is 0 Å². The maximum absolute atomic E-state index is 12.6. The third-order valence-electron chi connectivity index (χ3n) is 5.36. The first-order valence-electron chi connectivity index (χ1n) is 9.60. The van der Waals surface area contributed by atoms with Gasteiger partial charge in [-0.05, 0) is 38.7 Å². The highest BCUT2D eigenvalue weighted by Crippen LogP contribution is 2.27. The number of aromatic nitrogens is 2. The third kappa shape index (κ3) is 4.38. The number of rotatable bonds is 5. The van der Waals surface area contributed by atoms with Crippen LogP contribution in [0, 0.1) is 13.8 Å². The number of amides is 2. The molecule has 1 N–H and O–H groups in total. The van der Waals surface area contributed by atoms with Crippen LogP contribution in [-0.4, -0.2) is 45.9 Å². The number of hydrogen-bond acceptors (Lipinski definition) is 3. The molecule has 0 atom stereocenters. The predicted molar refractivity (Wildman–Crippen MR) is 105 cm³/mol. The molecule has 1 aromatic carbocycles. The van der Waals surface area contributed by atoms with Crippen molar-refractivity contribution in [3.63, 3.8) is 0 Å². The standard InChI is InChI=1S/C21H28N4O2/c1-15-20(21(27)22-12-9-18-7-5-4-6-8-18)23-16(2)25(15)19-10-13-24(14-11-19)17(3)26/h4-8,19H,9-14H2,1-3H3,(H,22,27). The van der Waals surface area contributed by atoms with E-state index in [-0.39, 0.29) is 11.8 Å². The molecule has 1 aromatic heterocycles. The van der Waals surface area contributed by atoms with Crippen LogP contribution in [0.4, 0.5) is 0 Å². The van der Waals surface area contributed by atoms with Crippen molar-refractivity contribution < 1.29 is 9.59 Å². The Bertz CT molecular complexity index is 805. The van der Waals surface area contributed by atoms with Gasteiger partial charge in [0.2, 0.25) is 5.91 Å². The summed E-state index contributed by atoms with van der Waals surface area (Å²) in [6.07, 6.45) is 2.59. The number of carbonyl (C=O) groups is 2. The fourth-order valence-corrected chi connectivity index (χ4v) is 3.89. The molecule has 0 radical (unpaired) electrons. The summed E-state index contributed by atoms with van der Waals surface area (Å²) in [5.41, 5.74) is 2.62. The van der Waals surface area contributed by atoms with Crippen molar-refractivity contribution in [1.29, 1.82) is 0 Å². The van der Waals surface area contributed by atoms with Crippen molar-refractivity contribution in [2.45, 2.75) is 46.1 Å². The van der Waals surface area contributed by atoms with Crippen LogP contribution < -0.4 is 5.32 Å². The number of imidazole rings is 1. The van der Waals surface area contributed by atoms with Crippen molar-refractivity contribution >= 4 is 11.8 Å². The normalized spacial score (nSPS) is 15.0. The van der Waals surface area contributed by atoms with Crippen molar-refractivity contribution in [3.05, 3.63) is 53.1 Å². The van der Waals surface area contributed by atoms with E-state index in [0.29, 0.717) is 18.3 Å². The zero-order valence-corrected chi connectivity index (χ0v) is 16.4. The molecule has 0 saturated carbocycles. The lowest BCUT2D eigenvalue weighted by molar-refractivity contribution is -0.130. The number of carbonyl (C=O) groups excluding carboxylic acids is 2. The second kappa shape index (κ2) is 8.37. The second-order valence-electron chi connectivity index (χ2n) is 7.19. The topological polar surface area (TPSA) is 67.2 Å². The molecule has 1 fully saturated rings. The van der Waals surface area contributed by atoms with Gasteiger partial charge in [0.25, 0.3) is 5.91 Å². The van der Waals surface area contributed by atoms with Crippen LogP contribution in [0.2, 0.25) is 0 Å². The Morgan fingerprint density at radius 2 is 1.81 bits per heavy atom. The predicted octanol–water partition coefficient (Wildman–Crippen LogP) is 2.66. The van der Waals surface area contributed by atoms with E-state index < -0.39 is 0 Å². The zero-order chi connectivity index (χ0) is 19.4. The molecule has 2 amide bonds. The van der Waals surface area contributed by atoms with Crippen LogP contribution in [0.25, 0.3) is 0 Å². The lowest BCUT2D eigenvalue weighted by Gasteiger charge is -2.33. The van der Waals surface area contributed by atoms with Crippen LogP contribution in [0.3, 0.4) is 0 Å². The molecular formula is C21H28N4O2. The van der Waals surface area contributed by atoms with Gasteiger partial charge in [-0.2, -0.15) is 0 Å². The van der Waals surface area contributed by atoms with Crippen molar-refractivity contribution in [2.75, 3.05) is 19.6 Å². The lowest BCUT2D eigenvalue weighted by Crippen LogP contribution is -2.38. The van der Waals surface area contributed by atoms with Crippen molar-refractivity contribution in [3.8, 4) is 0 Å². The van der Waals surface area contributed by atoms with Gasteiger partial charge >= 0.3 is 0 Å². The number of hydrogen-bond donors (Lipinski definition) is 1. The van der Waals surface area contributed by atoms with Gasteiger partial charge in [-0.25, -0.2) is 4.98 Å². The largest absolute Gasteiger partial charge is 0.350 e. The lowest BCUT2D eigenvalue weighted by atomic mass is 10.0. The van der Waals surface area contributed by atoms with E-state index in [0.717, 1.165) is 43.9 Å². The van der Waals surface area contributed by atoms with Gasteiger partial charge in [0.15, 0.2) is 0 Å². The Hall–Kier alpha value is -2.63. The average molecular weight is 368 g/mol. The summed E-state index contributed by atoms with van der Waals surface area (Å²) in [5.74, 6) is 0.874. The summed E-state index contributed by atoms with van der Waals surface area (Å²) in [4.78, 5) is 30.6. The molecule has 0 spiro atoms. The van der Waals surface area contributed by atoms with Gasteiger partial charge in [-0.1, -0.05) is 30.3 Å². The Labute approximate surface area is 160 Å². The first kappa shape index (κ1) is 19.1. The number of nitrogens with one attached hydrogen (secondary N) is 1. The molecule has 144 valence electrons. The van der Waals surface area contributed by atoms with Gasteiger partial charge < -0.3 is 14.8 Å². The Morgan fingerprint density at radius 1 is 1.15 bits per heavy atom. The highest BCUT2D eigenvalue weighted by molar-refractivity contribution is 5.93. The molecule has 3 rings (SSSR count). The van der Waals surface area contributed by atoms with E-state index in [4.69, 9.17) is 0 Å². The van der Waals surface area contributed by atoms with Crippen LogP contribution >= 0.6 is 0 Å². The van der Waals surface area contributed by atoms with Crippen LogP contribution in [0.1, 0.15) is 53.4 Å². The van der Waals surface area contributed by atoms with E-state index in [1.165, 1.54) is 5.56 Å². The maximum Gasteiger partial charge on any atom is 0.271 e. The average Bonchev–Trinajstić information content (AvgIpc) is 2.97. The number of likely N-dealkylation sites (tertiary alicyclic amines) is 1. The minimum Gasteiger partial charge on any atom is -0.350 e. The summed E-state index contributed by atoms with van der Waals surface area (Å²) < 4.78 is 2.17. The highest BCUT2D eigenvalue weighted by Gasteiger charge is 2.26. The number of aryl methyl sites for hydroxylation is 1. The molecule has 2 aromatic rings. The molecule has 1 aliphatic rings. The number of nitrogens with zero attached hydrogens (tertiary/aromatic N) is 3. The molecule has 6 heteroatoms. The zero-order valence-electron chi connectivity index (χ0n) is 16.4. The number of benzene rings is 1. The van der Waals surface area contributed by atoms with Crippen molar-refractivity contribution in [1.82, 2.24) is 19.8 Å². The molecule has 0 unspecified atom stereocenters. The number of piperidine rings is 1. The molecule has 6 nitrogen and oxygen atoms in total. The Balaban J connectivity index is 1.63. The van der Waals surface area contributed by atoms with Crippen LogP contribution in [-0.2, 0) is 11.2 Å². The van der Waals surface area contributed by atoms with Crippen molar-refractivity contribution in [2.24, 2.45) is 0 Å². The molecule has 2 heterocycles. The molecule has 1 aliphatic heterocycles. The smallest absolute Gasteiger partial charge is 0.271 e. The highest BCUT2D eigenvalue weighted by atomic mass is 16.2. The molecule has 0 bridgehead atoms. The fraction of sp³-hybridized carbons (Fsp3) is 0.476. The minimum atomic E-state index is -0.119. The molecule has 27 heavy (non-hydrogen) atoms.